The first-order valence-electron chi connectivity index (χ1n) is 7.75. The quantitative estimate of drug-likeness (QED) is 0.784. The van der Waals surface area contributed by atoms with E-state index in [4.69, 9.17) is 0 Å². The van der Waals surface area contributed by atoms with Gasteiger partial charge in [-0.05, 0) is 30.7 Å². The highest BCUT2D eigenvalue weighted by Crippen LogP contribution is 2.21. The molecule has 6 heteroatoms. The van der Waals surface area contributed by atoms with Crippen molar-refractivity contribution in [3.8, 4) is 17.1 Å². The molecule has 1 amide bonds. The van der Waals surface area contributed by atoms with Crippen molar-refractivity contribution in [1.82, 2.24) is 20.1 Å². The number of hydrogen-bond donors (Lipinski definition) is 1. The van der Waals surface area contributed by atoms with E-state index in [1.165, 1.54) is 12.1 Å². The van der Waals surface area contributed by atoms with Crippen molar-refractivity contribution in [1.29, 1.82) is 0 Å². The van der Waals surface area contributed by atoms with E-state index in [0.29, 0.717) is 18.1 Å². The first kappa shape index (κ1) is 15.9. The molecule has 122 valence electrons. The maximum Gasteiger partial charge on any atom is 0.290 e. The maximum absolute atomic E-state index is 13.2. The van der Waals surface area contributed by atoms with Crippen molar-refractivity contribution < 1.29 is 9.18 Å². The van der Waals surface area contributed by atoms with Crippen LogP contribution in [0.1, 0.15) is 24.0 Å². The van der Waals surface area contributed by atoms with Crippen molar-refractivity contribution in [2.45, 2.75) is 13.3 Å². The lowest BCUT2D eigenvalue weighted by atomic mass is 10.2. The summed E-state index contributed by atoms with van der Waals surface area (Å²) >= 11 is 0. The largest absolute Gasteiger partial charge is 0.349 e. The van der Waals surface area contributed by atoms with Gasteiger partial charge >= 0.3 is 0 Å². The summed E-state index contributed by atoms with van der Waals surface area (Å²) in [5.74, 6) is -0.0357. The molecule has 0 spiro atoms. The van der Waals surface area contributed by atoms with Crippen LogP contribution in [0.2, 0.25) is 0 Å². The van der Waals surface area contributed by atoms with Crippen molar-refractivity contribution in [2.24, 2.45) is 0 Å². The van der Waals surface area contributed by atoms with Crippen LogP contribution in [0, 0.1) is 5.82 Å². The zero-order valence-electron chi connectivity index (χ0n) is 13.2. The molecule has 3 rings (SSSR count). The Kier molecular flexibility index (Phi) is 4.65. The molecule has 0 aliphatic heterocycles. The average molecular weight is 324 g/mol. The van der Waals surface area contributed by atoms with Gasteiger partial charge in [0.15, 0.2) is 5.82 Å². The Balaban J connectivity index is 2.06. The van der Waals surface area contributed by atoms with E-state index in [2.05, 4.69) is 15.4 Å². The van der Waals surface area contributed by atoms with E-state index in [1.54, 1.807) is 16.8 Å². The Labute approximate surface area is 139 Å². The summed E-state index contributed by atoms with van der Waals surface area (Å²) in [5.41, 5.74) is 1.46. The standard InChI is InChI=1S/C18H17FN4O/c1-2-12-20-18(24)16-21-17(13-6-4-3-5-7-13)23(22-16)15-10-8-14(19)9-11-15/h3-11H,2,12H2,1H3,(H,20,24). The topological polar surface area (TPSA) is 59.8 Å². The second-order valence-corrected chi connectivity index (χ2v) is 5.27. The monoisotopic (exact) mass is 324 g/mol. The Morgan fingerprint density at radius 2 is 1.83 bits per heavy atom. The average Bonchev–Trinajstić information content (AvgIpc) is 3.06. The van der Waals surface area contributed by atoms with Gasteiger partial charge in [-0.2, -0.15) is 0 Å². The van der Waals surface area contributed by atoms with Gasteiger partial charge in [-0.15, -0.1) is 5.10 Å². The van der Waals surface area contributed by atoms with Gasteiger partial charge in [0.05, 0.1) is 5.69 Å². The van der Waals surface area contributed by atoms with Crippen LogP contribution < -0.4 is 5.32 Å². The molecule has 0 aliphatic rings. The molecule has 5 nitrogen and oxygen atoms in total. The van der Waals surface area contributed by atoms with Crippen LogP contribution in [0.15, 0.2) is 54.6 Å². The van der Waals surface area contributed by atoms with Crippen LogP contribution in [0.4, 0.5) is 4.39 Å². The van der Waals surface area contributed by atoms with Gasteiger partial charge in [-0.3, -0.25) is 4.79 Å². The highest BCUT2D eigenvalue weighted by molar-refractivity contribution is 5.91. The van der Waals surface area contributed by atoms with Crippen molar-refractivity contribution in [2.75, 3.05) is 6.54 Å². The summed E-state index contributed by atoms with van der Waals surface area (Å²) in [5, 5.41) is 7.07. The summed E-state index contributed by atoms with van der Waals surface area (Å²) in [6.45, 7) is 2.53. The number of aromatic nitrogens is 3. The summed E-state index contributed by atoms with van der Waals surface area (Å²) in [6.07, 6.45) is 0.829. The van der Waals surface area contributed by atoms with Crippen LogP contribution in [0.25, 0.3) is 17.1 Å². The van der Waals surface area contributed by atoms with Gasteiger partial charge in [0, 0.05) is 12.1 Å². The summed E-state index contributed by atoms with van der Waals surface area (Å²) in [4.78, 5) is 16.6. The van der Waals surface area contributed by atoms with E-state index in [1.807, 2.05) is 37.3 Å². The zero-order valence-corrected chi connectivity index (χ0v) is 13.2. The molecule has 2 aromatic carbocycles. The number of nitrogens with zero attached hydrogens (tertiary/aromatic N) is 3. The fourth-order valence-electron chi connectivity index (χ4n) is 2.26. The van der Waals surface area contributed by atoms with Crippen LogP contribution >= 0.6 is 0 Å². The number of benzene rings is 2. The third-order valence-corrected chi connectivity index (χ3v) is 3.45. The highest BCUT2D eigenvalue weighted by Gasteiger charge is 2.18. The lowest BCUT2D eigenvalue weighted by Gasteiger charge is -2.05. The van der Waals surface area contributed by atoms with Gasteiger partial charge in [0.1, 0.15) is 5.82 Å². The molecular formula is C18H17FN4O. The number of carbonyl (C=O) groups is 1. The van der Waals surface area contributed by atoms with Crippen LogP contribution in [0.3, 0.4) is 0 Å². The lowest BCUT2D eigenvalue weighted by Crippen LogP contribution is -2.25. The van der Waals surface area contributed by atoms with Gasteiger partial charge in [0.2, 0.25) is 5.82 Å². The minimum absolute atomic E-state index is 0.0895. The summed E-state index contributed by atoms with van der Waals surface area (Å²) < 4.78 is 14.7. The first-order valence-corrected chi connectivity index (χ1v) is 7.75. The molecule has 0 radical (unpaired) electrons. The van der Waals surface area contributed by atoms with Crippen LogP contribution in [0.5, 0.6) is 0 Å². The number of carbonyl (C=O) groups excluding carboxylic acids is 1. The van der Waals surface area contributed by atoms with E-state index in [-0.39, 0.29) is 17.5 Å². The van der Waals surface area contributed by atoms with Crippen LogP contribution in [-0.4, -0.2) is 27.2 Å². The van der Waals surface area contributed by atoms with Crippen LogP contribution in [-0.2, 0) is 0 Å². The molecule has 0 atom stereocenters. The first-order chi connectivity index (χ1) is 11.7. The smallest absolute Gasteiger partial charge is 0.290 e. The highest BCUT2D eigenvalue weighted by atomic mass is 19.1. The normalized spacial score (nSPS) is 10.6. The SMILES string of the molecule is CCCNC(=O)c1nc(-c2ccccc2)n(-c2ccc(F)cc2)n1. The lowest BCUT2D eigenvalue weighted by molar-refractivity contribution is 0.0943. The number of rotatable bonds is 5. The Morgan fingerprint density at radius 3 is 2.50 bits per heavy atom. The molecular weight excluding hydrogens is 307 g/mol. The van der Waals surface area contributed by atoms with E-state index in [0.717, 1.165) is 12.0 Å². The molecule has 3 aromatic rings. The number of nitrogens with one attached hydrogen (secondary N) is 1. The van der Waals surface area contributed by atoms with E-state index in [9.17, 15) is 9.18 Å². The van der Waals surface area contributed by atoms with E-state index < -0.39 is 0 Å². The second kappa shape index (κ2) is 7.04. The van der Waals surface area contributed by atoms with Gasteiger partial charge < -0.3 is 5.32 Å². The fraction of sp³-hybridized carbons (Fsp3) is 0.167. The van der Waals surface area contributed by atoms with E-state index >= 15 is 0 Å². The molecule has 0 fully saturated rings. The number of halogens is 1. The van der Waals surface area contributed by atoms with Gasteiger partial charge in [-0.1, -0.05) is 37.3 Å². The predicted molar refractivity (Wildman–Crippen MR) is 89.4 cm³/mol. The molecule has 0 saturated carbocycles. The zero-order chi connectivity index (χ0) is 16.9. The van der Waals surface area contributed by atoms with Gasteiger partial charge in [-0.25, -0.2) is 14.1 Å². The maximum atomic E-state index is 13.2. The summed E-state index contributed by atoms with van der Waals surface area (Å²) in [6, 6.07) is 15.3. The molecule has 24 heavy (non-hydrogen) atoms. The molecule has 0 unspecified atom stereocenters. The van der Waals surface area contributed by atoms with Gasteiger partial charge in [0.25, 0.3) is 5.91 Å². The summed E-state index contributed by atoms with van der Waals surface area (Å²) in [7, 11) is 0. The minimum atomic E-state index is -0.332. The Morgan fingerprint density at radius 1 is 1.12 bits per heavy atom. The molecule has 0 saturated heterocycles. The van der Waals surface area contributed by atoms with Crippen molar-refractivity contribution in [3.05, 3.63) is 66.2 Å². The molecule has 1 aromatic heterocycles. The Hall–Kier alpha value is -3.02. The molecule has 0 aliphatic carbocycles. The Bertz CT molecular complexity index is 828. The molecule has 0 bridgehead atoms. The molecule has 1 heterocycles. The molecule has 1 N–H and O–H groups in total. The third kappa shape index (κ3) is 3.32. The van der Waals surface area contributed by atoms with Crippen molar-refractivity contribution >= 4 is 5.91 Å². The third-order valence-electron chi connectivity index (χ3n) is 3.45. The number of hydrogen-bond acceptors (Lipinski definition) is 3. The second-order valence-electron chi connectivity index (χ2n) is 5.27. The predicted octanol–water partition coefficient (Wildman–Crippen LogP) is 3.21. The fourth-order valence-corrected chi connectivity index (χ4v) is 2.26. The van der Waals surface area contributed by atoms with Crippen molar-refractivity contribution in [3.63, 3.8) is 0 Å². The number of amides is 1. The minimum Gasteiger partial charge on any atom is -0.349 e.